The molecule has 2 aromatic rings. The van der Waals surface area contributed by atoms with Crippen LogP contribution >= 0.6 is 0 Å². The Bertz CT molecular complexity index is 487. The predicted molar refractivity (Wildman–Crippen MR) is 66.9 cm³/mol. The molecule has 92 valence electrons. The number of esters is 1. The van der Waals surface area contributed by atoms with Crippen LogP contribution in [0.4, 0.5) is 0 Å². The topological polar surface area (TPSA) is 52.1 Å². The predicted octanol–water partition coefficient (Wildman–Crippen LogP) is 1.96. The summed E-state index contributed by atoms with van der Waals surface area (Å²) in [6.45, 7) is 1.81. The van der Waals surface area contributed by atoms with Gasteiger partial charge in [0.05, 0.1) is 7.11 Å². The van der Waals surface area contributed by atoms with E-state index in [9.17, 15) is 4.79 Å². The molecule has 0 saturated carbocycles. The molecule has 0 N–H and O–H groups in total. The summed E-state index contributed by atoms with van der Waals surface area (Å²) in [4.78, 5) is 20.1. The minimum Gasteiger partial charge on any atom is -0.468 e. The summed E-state index contributed by atoms with van der Waals surface area (Å²) in [6, 6.07) is 9.47. The minimum absolute atomic E-state index is 0.330. The van der Waals surface area contributed by atoms with Gasteiger partial charge in [0.2, 0.25) is 0 Å². The van der Waals surface area contributed by atoms with Gasteiger partial charge >= 0.3 is 5.97 Å². The molecule has 1 unspecified atom stereocenters. The second-order valence-electron chi connectivity index (χ2n) is 4.11. The number of ether oxygens (including phenoxy) is 1. The molecule has 2 rings (SSSR count). The van der Waals surface area contributed by atoms with Crippen molar-refractivity contribution in [3.63, 3.8) is 0 Å². The Morgan fingerprint density at radius 2 is 1.72 bits per heavy atom. The van der Waals surface area contributed by atoms with Gasteiger partial charge in [0.15, 0.2) is 0 Å². The number of methoxy groups -OCH3 is 1. The molecule has 1 heterocycles. The van der Waals surface area contributed by atoms with Gasteiger partial charge in [-0.05, 0) is 12.5 Å². The van der Waals surface area contributed by atoms with Crippen molar-refractivity contribution < 1.29 is 9.53 Å². The fourth-order valence-corrected chi connectivity index (χ4v) is 1.94. The summed E-state index contributed by atoms with van der Waals surface area (Å²) >= 11 is 0. The van der Waals surface area contributed by atoms with Crippen molar-refractivity contribution in [2.75, 3.05) is 7.11 Å². The number of carbonyl (C=O) groups is 1. The fraction of sp³-hybridized carbons (Fsp3) is 0.214. The Morgan fingerprint density at radius 1 is 1.11 bits per heavy atom. The number of benzene rings is 1. The molecule has 0 aliphatic carbocycles. The first-order valence-electron chi connectivity index (χ1n) is 5.59. The monoisotopic (exact) mass is 242 g/mol. The molecule has 1 aromatic heterocycles. The molecule has 0 aliphatic rings. The van der Waals surface area contributed by atoms with Crippen molar-refractivity contribution in [3.8, 4) is 0 Å². The van der Waals surface area contributed by atoms with Crippen LogP contribution in [0.25, 0.3) is 0 Å². The molecule has 1 aromatic carbocycles. The van der Waals surface area contributed by atoms with E-state index in [2.05, 4.69) is 9.97 Å². The van der Waals surface area contributed by atoms with Crippen LogP contribution in [-0.2, 0) is 14.9 Å². The van der Waals surface area contributed by atoms with E-state index < -0.39 is 5.41 Å². The summed E-state index contributed by atoms with van der Waals surface area (Å²) in [5.74, 6) is -0.330. The maximum absolute atomic E-state index is 12.2. The molecule has 0 saturated heterocycles. The largest absolute Gasteiger partial charge is 0.468 e. The number of hydrogen-bond acceptors (Lipinski definition) is 4. The van der Waals surface area contributed by atoms with Gasteiger partial charge in [-0.25, -0.2) is 9.97 Å². The van der Waals surface area contributed by atoms with E-state index in [1.54, 1.807) is 12.4 Å². The summed E-state index contributed by atoms with van der Waals surface area (Å²) in [6.07, 6.45) is 4.71. The van der Waals surface area contributed by atoms with Crippen molar-refractivity contribution in [3.05, 3.63) is 60.2 Å². The van der Waals surface area contributed by atoms with Crippen LogP contribution in [0.3, 0.4) is 0 Å². The van der Waals surface area contributed by atoms with E-state index in [1.807, 2.05) is 37.3 Å². The van der Waals surface area contributed by atoms with Crippen molar-refractivity contribution in [2.45, 2.75) is 12.3 Å². The molecule has 0 aliphatic heterocycles. The lowest BCUT2D eigenvalue weighted by atomic mass is 9.77. The lowest BCUT2D eigenvalue weighted by molar-refractivity contribution is -0.145. The van der Waals surface area contributed by atoms with Gasteiger partial charge in [-0.15, -0.1) is 0 Å². The maximum atomic E-state index is 12.2. The SMILES string of the molecule is COC(=O)C(C)(c1ccccc1)c1cncnc1. The van der Waals surface area contributed by atoms with Gasteiger partial charge in [-0.1, -0.05) is 30.3 Å². The standard InChI is InChI=1S/C14H14N2O2/c1-14(13(17)18-2,11-6-4-3-5-7-11)12-8-15-10-16-9-12/h3-10H,1-2H3. The van der Waals surface area contributed by atoms with Crippen molar-refractivity contribution >= 4 is 5.97 Å². The van der Waals surface area contributed by atoms with Gasteiger partial charge in [0, 0.05) is 18.0 Å². The van der Waals surface area contributed by atoms with Crippen LogP contribution < -0.4 is 0 Å². The second kappa shape index (κ2) is 4.96. The van der Waals surface area contributed by atoms with E-state index >= 15 is 0 Å². The quantitative estimate of drug-likeness (QED) is 0.772. The highest BCUT2D eigenvalue weighted by molar-refractivity contribution is 5.86. The minimum atomic E-state index is -0.892. The number of aromatic nitrogens is 2. The van der Waals surface area contributed by atoms with E-state index in [1.165, 1.54) is 13.4 Å². The maximum Gasteiger partial charge on any atom is 0.320 e. The van der Waals surface area contributed by atoms with Crippen LogP contribution in [0.1, 0.15) is 18.1 Å². The Morgan fingerprint density at radius 3 is 2.28 bits per heavy atom. The summed E-state index contributed by atoms with van der Waals surface area (Å²) < 4.78 is 4.93. The first-order chi connectivity index (χ1) is 8.69. The normalized spacial score (nSPS) is 13.7. The first kappa shape index (κ1) is 12.2. The average molecular weight is 242 g/mol. The smallest absolute Gasteiger partial charge is 0.320 e. The lowest BCUT2D eigenvalue weighted by Crippen LogP contribution is -2.35. The van der Waals surface area contributed by atoms with E-state index in [0.717, 1.165) is 5.56 Å². The van der Waals surface area contributed by atoms with Crippen LogP contribution in [0, 0.1) is 0 Å². The Balaban J connectivity index is 2.59. The van der Waals surface area contributed by atoms with Crippen LogP contribution in [-0.4, -0.2) is 23.0 Å². The highest BCUT2D eigenvalue weighted by atomic mass is 16.5. The molecule has 0 radical (unpaired) electrons. The molecule has 1 atom stereocenters. The Kier molecular flexibility index (Phi) is 3.37. The molecule has 18 heavy (non-hydrogen) atoms. The molecule has 4 nitrogen and oxygen atoms in total. The summed E-state index contributed by atoms with van der Waals surface area (Å²) in [5.41, 5.74) is 0.673. The third-order valence-corrected chi connectivity index (χ3v) is 3.08. The van der Waals surface area contributed by atoms with Gasteiger partial charge < -0.3 is 4.74 Å². The molecule has 4 heteroatoms. The highest BCUT2D eigenvalue weighted by Crippen LogP contribution is 2.32. The van der Waals surface area contributed by atoms with Crippen molar-refractivity contribution in [1.29, 1.82) is 0 Å². The number of hydrogen-bond donors (Lipinski definition) is 0. The van der Waals surface area contributed by atoms with Gasteiger partial charge in [0.25, 0.3) is 0 Å². The van der Waals surface area contributed by atoms with Gasteiger partial charge in [0.1, 0.15) is 11.7 Å². The average Bonchev–Trinajstić information content (AvgIpc) is 2.47. The first-order valence-corrected chi connectivity index (χ1v) is 5.59. The third-order valence-electron chi connectivity index (χ3n) is 3.08. The molecule has 0 bridgehead atoms. The molecule has 0 fully saturated rings. The lowest BCUT2D eigenvalue weighted by Gasteiger charge is -2.26. The molecule has 0 spiro atoms. The number of carbonyl (C=O) groups excluding carboxylic acids is 1. The van der Waals surface area contributed by atoms with E-state index in [4.69, 9.17) is 4.74 Å². The van der Waals surface area contributed by atoms with Gasteiger partial charge in [-0.2, -0.15) is 0 Å². The molecular weight excluding hydrogens is 228 g/mol. The van der Waals surface area contributed by atoms with Crippen molar-refractivity contribution in [2.24, 2.45) is 0 Å². The summed E-state index contributed by atoms with van der Waals surface area (Å²) in [7, 11) is 1.38. The van der Waals surface area contributed by atoms with Crippen LogP contribution in [0.15, 0.2) is 49.1 Å². The van der Waals surface area contributed by atoms with Gasteiger partial charge in [-0.3, -0.25) is 4.79 Å². The Labute approximate surface area is 106 Å². The molecular formula is C14H14N2O2. The second-order valence-corrected chi connectivity index (χ2v) is 4.11. The van der Waals surface area contributed by atoms with Crippen LogP contribution in [0.5, 0.6) is 0 Å². The zero-order valence-electron chi connectivity index (χ0n) is 10.3. The molecule has 0 amide bonds. The van der Waals surface area contributed by atoms with Crippen molar-refractivity contribution in [1.82, 2.24) is 9.97 Å². The van der Waals surface area contributed by atoms with E-state index in [-0.39, 0.29) is 5.97 Å². The zero-order valence-corrected chi connectivity index (χ0v) is 10.3. The fourth-order valence-electron chi connectivity index (χ4n) is 1.94. The third kappa shape index (κ3) is 1.97. The number of rotatable bonds is 3. The zero-order chi connectivity index (χ0) is 13.0. The van der Waals surface area contributed by atoms with E-state index in [0.29, 0.717) is 5.56 Å². The van der Waals surface area contributed by atoms with Crippen LogP contribution in [0.2, 0.25) is 0 Å². The summed E-state index contributed by atoms with van der Waals surface area (Å²) in [5, 5.41) is 0. The number of nitrogens with zero attached hydrogens (tertiary/aromatic N) is 2. The highest BCUT2D eigenvalue weighted by Gasteiger charge is 2.38. The Hall–Kier alpha value is -2.23.